The number of halogens is 1. The van der Waals surface area contributed by atoms with E-state index < -0.39 is 0 Å². The van der Waals surface area contributed by atoms with Crippen molar-refractivity contribution in [1.82, 2.24) is 14.9 Å². The maximum atomic E-state index is 9.90. The topological polar surface area (TPSA) is 84.7 Å². The van der Waals surface area contributed by atoms with Crippen LogP contribution in [0.15, 0.2) is 46.0 Å². The normalized spacial score (nSPS) is 11.0. The molecule has 0 atom stereocenters. The molecule has 0 aliphatic carbocycles. The Bertz CT molecular complexity index is 1030. The summed E-state index contributed by atoms with van der Waals surface area (Å²) in [5.41, 5.74) is 1.52. The Morgan fingerprint density at radius 2 is 2.08 bits per heavy atom. The second-order valence-corrected chi connectivity index (χ2v) is 6.44. The molecule has 0 unspecified atom stereocenters. The fraction of sp³-hybridized carbons (Fsp3) is 0.118. The Morgan fingerprint density at radius 3 is 2.81 bits per heavy atom. The van der Waals surface area contributed by atoms with Crippen LogP contribution in [-0.4, -0.2) is 40.4 Å². The minimum absolute atomic E-state index is 0.0293. The SMILES string of the molecule is COc1cccc(-c2n[nH]c(=S)n2/N=C\c2cc(Br)c(O)c(OC)c2)c1. The van der Waals surface area contributed by atoms with Gasteiger partial charge in [-0.05, 0) is 58.0 Å². The molecule has 2 aromatic carbocycles. The molecular weight excluding hydrogens is 420 g/mol. The van der Waals surface area contributed by atoms with Crippen LogP contribution in [0, 0.1) is 4.77 Å². The second kappa shape index (κ2) is 7.71. The number of rotatable bonds is 5. The third kappa shape index (κ3) is 3.63. The van der Waals surface area contributed by atoms with E-state index in [9.17, 15) is 5.11 Å². The molecule has 0 saturated heterocycles. The summed E-state index contributed by atoms with van der Waals surface area (Å²) in [6.45, 7) is 0. The van der Waals surface area contributed by atoms with E-state index in [0.717, 1.165) is 5.56 Å². The number of hydrogen-bond donors (Lipinski definition) is 2. The second-order valence-electron chi connectivity index (χ2n) is 5.19. The van der Waals surface area contributed by atoms with Gasteiger partial charge in [-0.15, -0.1) is 0 Å². The van der Waals surface area contributed by atoms with Gasteiger partial charge in [0, 0.05) is 5.56 Å². The predicted octanol–water partition coefficient (Wildman–Crippen LogP) is 3.98. The molecule has 3 aromatic rings. The minimum atomic E-state index is 0.0293. The van der Waals surface area contributed by atoms with Gasteiger partial charge in [0.2, 0.25) is 4.77 Å². The van der Waals surface area contributed by atoms with Crippen molar-refractivity contribution in [3.05, 3.63) is 51.2 Å². The molecule has 0 amide bonds. The largest absolute Gasteiger partial charge is 0.503 e. The molecule has 7 nitrogen and oxygen atoms in total. The summed E-state index contributed by atoms with van der Waals surface area (Å²) in [6.07, 6.45) is 1.60. The fourth-order valence-corrected chi connectivity index (χ4v) is 2.94. The van der Waals surface area contributed by atoms with E-state index in [1.54, 1.807) is 25.5 Å². The lowest BCUT2D eigenvalue weighted by Gasteiger charge is -2.06. The highest BCUT2D eigenvalue weighted by molar-refractivity contribution is 9.10. The highest BCUT2D eigenvalue weighted by Gasteiger charge is 2.10. The van der Waals surface area contributed by atoms with Crippen molar-refractivity contribution in [3.63, 3.8) is 0 Å². The molecule has 26 heavy (non-hydrogen) atoms. The van der Waals surface area contributed by atoms with E-state index in [4.69, 9.17) is 21.7 Å². The van der Waals surface area contributed by atoms with Gasteiger partial charge in [-0.25, -0.2) is 5.10 Å². The van der Waals surface area contributed by atoms with Crippen molar-refractivity contribution in [2.24, 2.45) is 5.10 Å². The summed E-state index contributed by atoms with van der Waals surface area (Å²) in [7, 11) is 3.08. The number of ether oxygens (including phenoxy) is 2. The van der Waals surface area contributed by atoms with Crippen LogP contribution in [0.2, 0.25) is 0 Å². The molecule has 0 aliphatic rings. The molecule has 0 bridgehead atoms. The quantitative estimate of drug-likeness (QED) is 0.468. The van der Waals surface area contributed by atoms with Crippen LogP contribution in [0.3, 0.4) is 0 Å². The van der Waals surface area contributed by atoms with Gasteiger partial charge in [-0.2, -0.15) is 14.9 Å². The van der Waals surface area contributed by atoms with Crippen molar-refractivity contribution in [3.8, 4) is 28.6 Å². The Balaban J connectivity index is 2.01. The monoisotopic (exact) mass is 434 g/mol. The Hall–Kier alpha value is -2.65. The van der Waals surface area contributed by atoms with Crippen LogP contribution in [0.4, 0.5) is 0 Å². The summed E-state index contributed by atoms with van der Waals surface area (Å²) >= 11 is 8.56. The lowest BCUT2D eigenvalue weighted by Crippen LogP contribution is -1.96. The van der Waals surface area contributed by atoms with Crippen LogP contribution < -0.4 is 9.47 Å². The van der Waals surface area contributed by atoms with E-state index in [1.165, 1.54) is 11.8 Å². The molecule has 1 aromatic heterocycles. The molecule has 134 valence electrons. The van der Waals surface area contributed by atoms with Gasteiger partial charge >= 0.3 is 0 Å². The number of phenolic OH excluding ortho intramolecular Hbond substituents is 1. The van der Waals surface area contributed by atoms with Gasteiger partial charge in [0.05, 0.1) is 24.9 Å². The summed E-state index contributed by atoms with van der Waals surface area (Å²) in [5, 5.41) is 21.3. The maximum absolute atomic E-state index is 9.90. The van der Waals surface area contributed by atoms with Gasteiger partial charge in [0.15, 0.2) is 17.3 Å². The summed E-state index contributed by atoms with van der Waals surface area (Å²) in [4.78, 5) is 0. The predicted molar refractivity (Wildman–Crippen MR) is 105 cm³/mol. The number of aromatic nitrogens is 3. The van der Waals surface area contributed by atoms with Crippen molar-refractivity contribution in [1.29, 1.82) is 0 Å². The third-order valence-corrected chi connectivity index (χ3v) is 4.44. The molecule has 0 radical (unpaired) electrons. The summed E-state index contributed by atoms with van der Waals surface area (Å²) < 4.78 is 12.8. The molecule has 2 N–H and O–H groups in total. The number of nitrogens with zero attached hydrogens (tertiary/aromatic N) is 3. The zero-order valence-electron chi connectivity index (χ0n) is 13.9. The number of aromatic hydroxyl groups is 1. The first-order valence-electron chi connectivity index (χ1n) is 7.46. The van der Waals surface area contributed by atoms with Crippen LogP contribution in [0.5, 0.6) is 17.2 Å². The standard InChI is InChI=1S/C17H15BrN4O3S/c1-24-12-5-3-4-11(8-12)16-20-21-17(26)22(16)19-9-10-6-13(18)15(23)14(7-10)25-2/h3-9,23H,1-2H3,(H,21,26)/b19-9-. The van der Waals surface area contributed by atoms with E-state index in [1.807, 2.05) is 24.3 Å². The van der Waals surface area contributed by atoms with Crippen LogP contribution in [0.1, 0.15) is 5.56 Å². The Morgan fingerprint density at radius 1 is 1.27 bits per heavy atom. The van der Waals surface area contributed by atoms with Crippen molar-refractivity contribution in [2.45, 2.75) is 0 Å². The number of hydrogen-bond acceptors (Lipinski definition) is 6. The zero-order chi connectivity index (χ0) is 18.7. The molecule has 3 rings (SSSR count). The van der Waals surface area contributed by atoms with Crippen LogP contribution in [0.25, 0.3) is 11.4 Å². The molecule has 1 heterocycles. The fourth-order valence-electron chi connectivity index (χ4n) is 2.30. The Kier molecular flexibility index (Phi) is 5.38. The van der Waals surface area contributed by atoms with E-state index in [0.29, 0.717) is 32.1 Å². The lowest BCUT2D eigenvalue weighted by atomic mass is 10.2. The van der Waals surface area contributed by atoms with Gasteiger partial charge in [0.25, 0.3) is 0 Å². The number of methoxy groups -OCH3 is 2. The van der Waals surface area contributed by atoms with Gasteiger partial charge in [-0.3, -0.25) is 0 Å². The molecule has 0 saturated carbocycles. The summed E-state index contributed by atoms with van der Waals surface area (Å²) in [6, 6.07) is 10.8. The molecule has 0 spiro atoms. The smallest absolute Gasteiger partial charge is 0.216 e. The van der Waals surface area contributed by atoms with Crippen LogP contribution >= 0.6 is 28.1 Å². The average molecular weight is 435 g/mol. The first-order chi connectivity index (χ1) is 12.5. The molecule has 0 aliphatic heterocycles. The van der Waals surface area contributed by atoms with Crippen LogP contribution in [-0.2, 0) is 0 Å². The highest BCUT2D eigenvalue weighted by atomic mass is 79.9. The average Bonchev–Trinajstić information content (AvgIpc) is 3.03. The Labute approximate surface area is 163 Å². The van der Waals surface area contributed by atoms with Gasteiger partial charge < -0.3 is 14.6 Å². The molecule has 0 fully saturated rings. The summed E-state index contributed by atoms with van der Waals surface area (Å²) in [5.74, 6) is 1.63. The zero-order valence-corrected chi connectivity index (χ0v) is 16.3. The van der Waals surface area contributed by atoms with E-state index in [-0.39, 0.29) is 5.75 Å². The van der Waals surface area contributed by atoms with Crippen molar-refractivity contribution >= 4 is 34.4 Å². The maximum Gasteiger partial charge on any atom is 0.216 e. The number of aromatic amines is 1. The van der Waals surface area contributed by atoms with Crippen molar-refractivity contribution < 1.29 is 14.6 Å². The van der Waals surface area contributed by atoms with E-state index in [2.05, 4.69) is 31.2 Å². The van der Waals surface area contributed by atoms with Crippen molar-refractivity contribution in [2.75, 3.05) is 14.2 Å². The highest BCUT2D eigenvalue weighted by Crippen LogP contribution is 2.34. The third-order valence-electron chi connectivity index (χ3n) is 3.57. The number of H-pyrrole nitrogens is 1. The first kappa shape index (κ1) is 18.2. The number of nitrogens with one attached hydrogen (secondary N) is 1. The first-order valence-corrected chi connectivity index (χ1v) is 8.66. The lowest BCUT2D eigenvalue weighted by molar-refractivity contribution is 0.372. The van der Waals surface area contributed by atoms with E-state index >= 15 is 0 Å². The molecular formula is C17H15BrN4O3S. The van der Waals surface area contributed by atoms with Gasteiger partial charge in [0.1, 0.15) is 5.75 Å². The number of phenols is 1. The van der Waals surface area contributed by atoms with Gasteiger partial charge in [-0.1, -0.05) is 12.1 Å². The number of benzene rings is 2. The molecule has 9 heteroatoms. The minimum Gasteiger partial charge on any atom is -0.503 e.